The lowest BCUT2D eigenvalue weighted by molar-refractivity contribution is 0.0592. The quantitative estimate of drug-likeness (QED) is 0.734. The third kappa shape index (κ3) is 3.53. The van der Waals surface area contributed by atoms with Crippen molar-refractivity contribution in [2.24, 2.45) is 11.7 Å². The van der Waals surface area contributed by atoms with Crippen molar-refractivity contribution in [3.05, 3.63) is 11.4 Å². The second-order valence-corrected chi connectivity index (χ2v) is 4.49. The topological polar surface area (TPSA) is 83.0 Å². The highest BCUT2D eigenvalue weighted by atomic mass is 16.5. The molecule has 1 rings (SSSR count). The van der Waals surface area contributed by atoms with Gasteiger partial charge < -0.3 is 10.5 Å². The molecule has 2 N–H and O–H groups in total. The van der Waals surface area contributed by atoms with E-state index in [2.05, 4.69) is 24.2 Å². The Morgan fingerprint density at radius 3 is 2.83 bits per heavy atom. The summed E-state index contributed by atoms with van der Waals surface area (Å²) >= 11 is 0. The van der Waals surface area contributed by atoms with Crippen molar-refractivity contribution in [3.8, 4) is 0 Å². The number of rotatable bonds is 7. The Morgan fingerprint density at radius 1 is 1.56 bits per heavy atom. The molecule has 0 bridgehead atoms. The molecule has 0 amide bonds. The highest BCUT2D eigenvalue weighted by Gasteiger charge is 2.20. The molecule has 0 radical (unpaired) electrons. The summed E-state index contributed by atoms with van der Waals surface area (Å²) in [6.07, 6.45) is 2.83. The Morgan fingerprint density at radius 2 is 2.28 bits per heavy atom. The summed E-state index contributed by atoms with van der Waals surface area (Å²) in [6.45, 7) is 5.53. The predicted molar refractivity (Wildman–Crippen MR) is 68.2 cm³/mol. The number of ether oxygens (including phenoxy) is 1. The SMILES string of the molecule is CCCC(C)Cn1nnc(C(=O)OC)c1CCN. The van der Waals surface area contributed by atoms with Crippen molar-refractivity contribution in [3.63, 3.8) is 0 Å². The zero-order valence-electron chi connectivity index (χ0n) is 11.3. The summed E-state index contributed by atoms with van der Waals surface area (Å²) in [6, 6.07) is 0. The number of aromatic nitrogens is 3. The molecule has 0 saturated heterocycles. The average molecular weight is 254 g/mol. The van der Waals surface area contributed by atoms with Crippen LogP contribution in [0.4, 0.5) is 0 Å². The molecule has 102 valence electrons. The van der Waals surface area contributed by atoms with Gasteiger partial charge in [0.05, 0.1) is 12.8 Å². The standard InChI is InChI=1S/C12H22N4O2/c1-4-5-9(2)8-16-10(6-7-13)11(14-15-16)12(17)18-3/h9H,4-8,13H2,1-3H3. The molecule has 1 aromatic heterocycles. The third-order valence-corrected chi connectivity index (χ3v) is 2.86. The molecule has 6 nitrogen and oxygen atoms in total. The fraction of sp³-hybridized carbons (Fsp3) is 0.750. The molecule has 0 aliphatic carbocycles. The molecule has 0 aromatic carbocycles. The van der Waals surface area contributed by atoms with Crippen LogP contribution in [0, 0.1) is 5.92 Å². The van der Waals surface area contributed by atoms with Crippen LogP contribution in [0.3, 0.4) is 0 Å². The lowest BCUT2D eigenvalue weighted by atomic mass is 10.1. The molecule has 1 aromatic rings. The molecular weight excluding hydrogens is 232 g/mol. The fourth-order valence-electron chi connectivity index (χ4n) is 2.00. The Hall–Kier alpha value is -1.43. The van der Waals surface area contributed by atoms with Crippen LogP contribution < -0.4 is 5.73 Å². The number of esters is 1. The molecule has 1 heterocycles. The van der Waals surface area contributed by atoms with Crippen molar-refractivity contribution in [1.29, 1.82) is 0 Å². The third-order valence-electron chi connectivity index (χ3n) is 2.86. The Labute approximate surface area is 107 Å². The second kappa shape index (κ2) is 7.10. The number of nitrogens with two attached hydrogens (primary N) is 1. The molecule has 0 fully saturated rings. The minimum atomic E-state index is -0.451. The van der Waals surface area contributed by atoms with E-state index in [4.69, 9.17) is 10.5 Å². The number of carbonyl (C=O) groups is 1. The van der Waals surface area contributed by atoms with Crippen LogP contribution in [-0.2, 0) is 17.7 Å². The van der Waals surface area contributed by atoms with Crippen molar-refractivity contribution in [1.82, 2.24) is 15.0 Å². The summed E-state index contributed by atoms with van der Waals surface area (Å²) in [4.78, 5) is 11.6. The summed E-state index contributed by atoms with van der Waals surface area (Å²) in [5.74, 6) is 0.0477. The van der Waals surface area contributed by atoms with E-state index in [1.807, 2.05) is 0 Å². The first kappa shape index (κ1) is 14.6. The Kier molecular flexibility index (Phi) is 5.77. The van der Waals surface area contributed by atoms with Crippen LogP contribution >= 0.6 is 0 Å². The number of methoxy groups -OCH3 is 1. The van der Waals surface area contributed by atoms with E-state index in [1.165, 1.54) is 7.11 Å². The van der Waals surface area contributed by atoms with E-state index in [9.17, 15) is 4.79 Å². The largest absolute Gasteiger partial charge is 0.464 e. The minimum absolute atomic E-state index is 0.284. The van der Waals surface area contributed by atoms with Gasteiger partial charge in [-0.1, -0.05) is 25.5 Å². The van der Waals surface area contributed by atoms with Crippen LogP contribution in [0.25, 0.3) is 0 Å². The van der Waals surface area contributed by atoms with Gasteiger partial charge in [0.15, 0.2) is 5.69 Å². The van der Waals surface area contributed by atoms with Gasteiger partial charge in [-0.05, 0) is 18.9 Å². The molecular formula is C12H22N4O2. The van der Waals surface area contributed by atoms with Crippen molar-refractivity contribution < 1.29 is 9.53 Å². The predicted octanol–water partition coefficient (Wildman–Crippen LogP) is 1.00. The maximum absolute atomic E-state index is 11.6. The molecule has 18 heavy (non-hydrogen) atoms. The van der Waals surface area contributed by atoms with Crippen LogP contribution in [0.1, 0.15) is 42.9 Å². The van der Waals surface area contributed by atoms with Crippen LogP contribution in [-0.4, -0.2) is 34.6 Å². The first-order valence-electron chi connectivity index (χ1n) is 6.34. The van der Waals surface area contributed by atoms with Gasteiger partial charge in [-0.2, -0.15) is 0 Å². The lowest BCUT2D eigenvalue weighted by Crippen LogP contribution is -2.17. The summed E-state index contributed by atoms with van der Waals surface area (Å²) < 4.78 is 6.47. The molecule has 0 aliphatic heterocycles. The van der Waals surface area contributed by atoms with E-state index >= 15 is 0 Å². The maximum atomic E-state index is 11.6. The van der Waals surface area contributed by atoms with Gasteiger partial charge in [0.1, 0.15) is 0 Å². The van der Waals surface area contributed by atoms with Gasteiger partial charge in [0.25, 0.3) is 0 Å². The molecule has 6 heteroatoms. The smallest absolute Gasteiger partial charge is 0.360 e. The number of nitrogens with zero attached hydrogens (tertiary/aromatic N) is 3. The molecule has 1 atom stereocenters. The second-order valence-electron chi connectivity index (χ2n) is 4.49. The highest BCUT2D eigenvalue weighted by molar-refractivity contribution is 5.88. The van der Waals surface area contributed by atoms with Crippen LogP contribution in [0.2, 0.25) is 0 Å². The number of carbonyl (C=O) groups excluding carboxylic acids is 1. The average Bonchev–Trinajstić information content (AvgIpc) is 2.72. The van der Waals surface area contributed by atoms with Gasteiger partial charge in [-0.15, -0.1) is 5.10 Å². The number of hydrogen-bond donors (Lipinski definition) is 1. The lowest BCUT2D eigenvalue weighted by Gasteiger charge is -2.12. The van der Waals surface area contributed by atoms with Crippen molar-refractivity contribution in [2.45, 2.75) is 39.7 Å². The molecule has 1 unspecified atom stereocenters. The normalized spacial score (nSPS) is 12.4. The molecule has 0 saturated carbocycles. The zero-order chi connectivity index (χ0) is 13.5. The van der Waals surface area contributed by atoms with Gasteiger partial charge >= 0.3 is 5.97 Å². The van der Waals surface area contributed by atoms with Crippen LogP contribution in [0.5, 0.6) is 0 Å². The first-order valence-corrected chi connectivity index (χ1v) is 6.34. The minimum Gasteiger partial charge on any atom is -0.464 e. The number of hydrogen-bond acceptors (Lipinski definition) is 5. The summed E-state index contributed by atoms with van der Waals surface area (Å²) in [5, 5.41) is 7.94. The van der Waals surface area contributed by atoms with Crippen molar-refractivity contribution >= 4 is 5.97 Å². The van der Waals surface area contributed by atoms with E-state index in [0.717, 1.165) is 25.1 Å². The maximum Gasteiger partial charge on any atom is 0.360 e. The van der Waals surface area contributed by atoms with Crippen molar-refractivity contribution in [2.75, 3.05) is 13.7 Å². The Bertz CT molecular complexity index is 389. The fourth-order valence-corrected chi connectivity index (χ4v) is 2.00. The van der Waals surface area contributed by atoms with Gasteiger partial charge in [0.2, 0.25) is 0 Å². The zero-order valence-corrected chi connectivity index (χ0v) is 11.3. The van der Waals surface area contributed by atoms with E-state index in [0.29, 0.717) is 18.9 Å². The highest BCUT2D eigenvalue weighted by Crippen LogP contribution is 2.13. The van der Waals surface area contributed by atoms with E-state index < -0.39 is 5.97 Å². The van der Waals surface area contributed by atoms with Gasteiger partial charge in [-0.3, -0.25) is 0 Å². The first-order chi connectivity index (χ1) is 8.63. The van der Waals surface area contributed by atoms with Gasteiger partial charge in [-0.25, -0.2) is 9.48 Å². The van der Waals surface area contributed by atoms with Gasteiger partial charge in [0, 0.05) is 13.0 Å². The molecule has 0 spiro atoms. The van der Waals surface area contributed by atoms with Crippen LogP contribution in [0.15, 0.2) is 0 Å². The summed E-state index contributed by atoms with van der Waals surface area (Å²) in [5.41, 5.74) is 6.62. The summed E-state index contributed by atoms with van der Waals surface area (Å²) in [7, 11) is 1.34. The van der Waals surface area contributed by atoms with E-state index in [-0.39, 0.29) is 5.69 Å². The molecule has 0 aliphatic rings. The Balaban J connectivity index is 2.90. The van der Waals surface area contributed by atoms with E-state index in [1.54, 1.807) is 4.68 Å². The monoisotopic (exact) mass is 254 g/mol.